The second kappa shape index (κ2) is 18.8. The van der Waals surface area contributed by atoms with Crippen LogP contribution in [0.15, 0.2) is 24.3 Å². The Morgan fingerprint density at radius 1 is 0.920 bits per heavy atom. The van der Waals surface area contributed by atoms with Gasteiger partial charge in [-0.3, -0.25) is 4.90 Å². The van der Waals surface area contributed by atoms with Crippen molar-refractivity contribution in [1.82, 2.24) is 4.90 Å². The standard InChI is InChI=1S/C22H37NO2/c1-4-7-10-13-18-23(19-14-11-8-5-2)20-15-16-21-25-22(24)17-12-9-6-3/h6,9,12,17H,4-5,7-8,10-11,13-14,18-21H2,1-3H3. The molecular formula is C22H37NO2. The first-order valence-corrected chi connectivity index (χ1v) is 9.88. The number of rotatable bonds is 14. The van der Waals surface area contributed by atoms with Gasteiger partial charge in [0, 0.05) is 6.08 Å². The Hall–Kier alpha value is -1.53. The highest BCUT2D eigenvalue weighted by Crippen LogP contribution is 2.05. The van der Waals surface area contributed by atoms with Crippen LogP contribution in [0, 0.1) is 11.8 Å². The van der Waals surface area contributed by atoms with E-state index in [0.29, 0.717) is 0 Å². The highest BCUT2D eigenvalue weighted by atomic mass is 16.5. The summed E-state index contributed by atoms with van der Waals surface area (Å²) in [5, 5.41) is 0. The van der Waals surface area contributed by atoms with Crippen LogP contribution in [0.2, 0.25) is 0 Å². The molecule has 3 nitrogen and oxygen atoms in total. The van der Waals surface area contributed by atoms with Crippen molar-refractivity contribution >= 4 is 5.97 Å². The maximum atomic E-state index is 11.4. The van der Waals surface area contributed by atoms with E-state index in [1.54, 1.807) is 12.2 Å². The molecular weight excluding hydrogens is 310 g/mol. The number of carbonyl (C=O) groups excluding carboxylic acids is 1. The topological polar surface area (TPSA) is 29.5 Å². The largest absolute Gasteiger partial charge is 0.449 e. The average Bonchev–Trinajstić information content (AvgIpc) is 2.61. The lowest BCUT2D eigenvalue weighted by molar-refractivity contribution is -0.136. The summed E-state index contributed by atoms with van der Waals surface area (Å²) in [5.41, 5.74) is 0. The maximum Gasteiger partial charge on any atom is 0.331 e. The molecule has 0 aromatic rings. The zero-order chi connectivity index (χ0) is 18.6. The fourth-order valence-electron chi connectivity index (χ4n) is 2.41. The van der Waals surface area contributed by atoms with Gasteiger partial charge in [0.1, 0.15) is 0 Å². The second-order valence-corrected chi connectivity index (χ2v) is 6.24. The molecule has 0 saturated carbocycles. The first-order valence-electron chi connectivity index (χ1n) is 9.88. The van der Waals surface area contributed by atoms with E-state index in [9.17, 15) is 4.79 Å². The van der Waals surface area contributed by atoms with Gasteiger partial charge >= 0.3 is 5.97 Å². The summed E-state index contributed by atoms with van der Waals surface area (Å²) >= 11 is 0. The second-order valence-electron chi connectivity index (χ2n) is 6.24. The van der Waals surface area contributed by atoms with Gasteiger partial charge in [-0.05, 0) is 32.9 Å². The van der Waals surface area contributed by atoms with Gasteiger partial charge in [-0.1, -0.05) is 82.4 Å². The fraction of sp³-hybridized carbons (Fsp3) is 0.682. The van der Waals surface area contributed by atoms with Crippen molar-refractivity contribution in [3.63, 3.8) is 0 Å². The van der Waals surface area contributed by atoms with E-state index in [4.69, 9.17) is 4.74 Å². The Morgan fingerprint density at radius 2 is 1.56 bits per heavy atom. The van der Waals surface area contributed by atoms with Crippen molar-refractivity contribution < 1.29 is 9.53 Å². The minimum absolute atomic E-state index is 0.165. The third kappa shape index (κ3) is 17.1. The predicted octanol–water partition coefficient (Wildman–Crippen LogP) is 5.13. The van der Waals surface area contributed by atoms with Crippen LogP contribution < -0.4 is 0 Å². The van der Waals surface area contributed by atoms with Crippen molar-refractivity contribution in [3.8, 4) is 11.8 Å². The molecule has 0 aromatic heterocycles. The molecule has 0 aliphatic rings. The molecule has 0 rings (SSSR count). The SMILES string of the molecule is CC=CC=CC(=O)OCC#CCN(CCCCCC)CCCCCC. The zero-order valence-electron chi connectivity index (χ0n) is 16.6. The van der Waals surface area contributed by atoms with Crippen LogP contribution in [-0.4, -0.2) is 37.1 Å². The molecule has 0 saturated heterocycles. The van der Waals surface area contributed by atoms with Gasteiger partial charge in [0.15, 0.2) is 6.61 Å². The van der Waals surface area contributed by atoms with Crippen LogP contribution in [-0.2, 0) is 9.53 Å². The summed E-state index contributed by atoms with van der Waals surface area (Å²) in [6, 6.07) is 0. The molecule has 0 bridgehead atoms. The van der Waals surface area contributed by atoms with Gasteiger partial charge in [0.2, 0.25) is 0 Å². The van der Waals surface area contributed by atoms with E-state index < -0.39 is 0 Å². The molecule has 0 aliphatic heterocycles. The third-order valence-corrected chi connectivity index (χ3v) is 3.91. The Bertz CT molecular complexity index is 417. The number of nitrogens with zero attached hydrogens (tertiary/aromatic N) is 1. The lowest BCUT2D eigenvalue weighted by Crippen LogP contribution is -2.26. The number of hydrogen-bond acceptors (Lipinski definition) is 3. The van der Waals surface area contributed by atoms with E-state index in [1.807, 2.05) is 13.0 Å². The number of hydrogen-bond donors (Lipinski definition) is 0. The minimum Gasteiger partial charge on any atom is -0.449 e. The molecule has 142 valence electrons. The molecule has 0 aliphatic carbocycles. The van der Waals surface area contributed by atoms with Crippen LogP contribution in [0.3, 0.4) is 0 Å². The summed E-state index contributed by atoms with van der Waals surface area (Å²) in [7, 11) is 0. The number of ether oxygens (including phenoxy) is 1. The van der Waals surface area contributed by atoms with E-state index in [0.717, 1.165) is 19.6 Å². The molecule has 0 spiro atoms. The molecule has 0 atom stereocenters. The van der Waals surface area contributed by atoms with Crippen LogP contribution >= 0.6 is 0 Å². The Morgan fingerprint density at radius 3 is 2.12 bits per heavy atom. The molecule has 0 aromatic carbocycles. The first-order chi connectivity index (χ1) is 12.2. The molecule has 0 heterocycles. The van der Waals surface area contributed by atoms with Crippen molar-refractivity contribution in [3.05, 3.63) is 24.3 Å². The Labute approximate surface area is 155 Å². The molecule has 0 N–H and O–H groups in total. The summed E-state index contributed by atoms with van der Waals surface area (Å²) < 4.78 is 5.04. The van der Waals surface area contributed by atoms with Crippen LogP contribution in [0.1, 0.15) is 72.1 Å². The van der Waals surface area contributed by atoms with Crippen molar-refractivity contribution in [1.29, 1.82) is 0 Å². The fourth-order valence-corrected chi connectivity index (χ4v) is 2.41. The van der Waals surface area contributed by atoms with E-state index >= 15 is 0 Å². The molecule has 25 heavy (non-hydrogen) atoms. The number of unbranched alkanes of at least 4 members (excludes halogenated alkanes) is 6. The van der Waals surface area contributed by atoms with E-state index in [2.05, 4.69) is 30.6 Å². The van der Waals surface area contributed by atoms with Gasteiger partial charge in [0.05, 0.1) is 6.54 Å². The van der Waals surface area contributed by atoms with Crippen LogP contribution in [0.5, 0.6) is 0 Å². The van der Waals surface area contributed by atoms with Gasteiger partial charge in [0.25, 0.3) is 0 Å². The number of allylic oxidation sites excluding steroid dienone is 3. The maximum absolute atomic E-state index is 11.4. The van der Waals surface area contributed by atoms with Gasteiger partial charge in [-0.2, -0.15) is 0 Å². The smallest absolute Gasteiger partial charge is 0.331 e. The van der Waals surface area contributed by atoms with Crippen molar-refractivity contribution in [2.45, 2.75) is 72.1 Å². The average molecular weight is 348 g/mol. The zero-order valence-corrected chi connectivity index (χ0v) is 16.6. The summed E-state index contributed by atoms with van der Waals surface area (Å²) in [6.45, 7) is 9.55. The molecule has 3 heteroatoms. The van der Waals surface area contributed by atoms with Gasteiger partial charge < -0.3 is 4.74 Å². The van der Waals surface area contributed by atoms with Gasteiger partial charge in [-0.25, -0.2) is 4.79 Å². The van der Waals surface area contributed by atoms with Crippen LogP contribution in [0.25, 0.3) is 0 Å². The Balaban J connectivity index is 4.10. The van der Waals surface area contributed by atoms with Crippen molar-refractivity contribution in [2.24, 2.45) is 0 Å². The normalized spacial score (nSPS) is 11.2. The molecule has 0 fully saturated rings. The van der Waals surface area contributed by atoms with E-state index in [-0.39, 0.29) is 12.6 Å². The van der Waals surface area contributed by atoms with E-state index in [1.165, 1.54) is 57.4 Å². The summed E-state index contributed by atoms with van der Waals surface area (Å²) in [4.78, 5) is 13.8. The first kappa shape index (κ1) is 23.5. The molecule has 0 radical (unpaired) electrons. The Kier molecular flexibility index (Phi) is 17.7. The monoisotopic (exact) mass is 347 g/mol. The predicted molar refractivity (Wildman–Crippen MR) is 107 cm³/mol. The highest BCUT2D eigenvalue weighted by Gasteiger charge is 2.02. The quantitative estimate of drug-likeness (QED) is 0.143. The number of carbonyl (C=O) groups is 1. The summed E-state index contributed by atoms with van der Waals surface area (Å²) in [5.74, 6) is 5.76. The third-order valence-electron chi connectivity index (χ3n) is 3.91. The summed E-state index contributed by atoms with van der Waals surface area (Å²) in [6.07, 6.45) is 17.0. The highest BCUT2D eigenvalue weighted by molar-refractivity contribution is 5.82. The van der Waals surface area contributed by atoms with Gasteiger partial charge in [-0.15, -0.1) is 0 Å². The minimum atomic E-state index is -0.344. The molecule has 0 amide bonds. The van der Waals surface area contributed by atoms with Crippen molar-refractivity contribution in [2.75, 3.05) is 26.2 Å². The lowest BCUT2D eigenvalue weighted by Gasteiger charge is -2.19. The number of esters is 1. The van der Waals surface area contributed by atoms with Crippen LogP contribution in [0.4, 0.5) is 0 Å². The molecule has 0 unspecified atom stereocenters. The lowest BCUT2D eigenvalue weighted by atomic mass is 10.1.